The molecule has 230 valence electrons. The lowest BCUT2D eigenvalue weighted by molar-refractivity contribution is 0.464. The molecule has 0 spiro atoms. The Balaban J connectivity index is 1.24. The number of pyridine rings is 2. The standard InChI is InChI=1S/C43H34BN3O/c1-29-25-30(2)43(31(3)26-29)44-36-17-7-8-20-40(36)47(34-14-5-4-6-15-34)41-28-33(22-23-37(41)44)39-19-12-21-42(46-39)48-35-16-11-13-32(27-35)38-18-9-10-24-45-38/h4-28H,1-3H3. The number of anilines is 3. The molecule has 8 rings (SSSR count). The average molecular weight is 620 g/mol. The van der Waals surface area contributed by atoms with E-state index in [4.69, 9.17) is 9.72 Å². The predicted molar refractivity (Wildman–Crippen MR) is 199 cm³/mol. The lowest BCUT2D eigenvalue weighted by atomic mass is 9.34. The number of benzene rings is 5. The molecule has 0 radical (unpaired) electrons. The van der Waals surface area contributed by atoms with Crippen molar-refractivity contribution in [3.05, 3.63) is 168 Å². The van der Waals surface area contributed by atoms with Gasteiger partial charge in [0.2, 0.25) is 12.6 Å². The number of hydrogen-bond acceptors (Lipinski definition) is 4. The van der Waals surface area contributed by atoms with Crippen molar-refractivity contribution >= 4 is 40.2 Å². The van der Waals surface area contributed by atoms with Crippen LogP contribution in [0.1, 0.15) is 16.7 Å². The highest BCUT2D eigenvalue weighted by atomic mass is 16.5. The molecule has 1 aliphatic rings. The van der Waals surface area contributed by atoms with Crippen LogP contribution in [0.15, 0.2) is 152 Å². The Hall–Kier alpha value is -5.94. The molecule has 0 amide bonds. The van der Waals surface area contributed by atoms with Crippen LogP contribution < -0.4 is 26.0 Å². The number of ether oxygens (including phenoxy) is 1. The molecule has 0 saturated heterocycles. The van der Waals surface area contributed by atoms with Gasteiger partial charge in [-0.15, -0.1) is 0 Å². The summed E-state index contributed by atoms with van der Waals surface area (Å²) < 4.78 is 6.31. The SMILES string of the molecule is Cc1cc(C)c(B2c3ccccc3N(c3ccccc3)c3cc(-c4cccc(Oc5cccc(-c6ccccn6)c5)n4)ccc32)c(C)c1. The number of aryl methyl sites for hydroxylation is 3. The maximum atomic E-state index is 6.31. The minimum Gasteiger partial charge on any atom is -0.439 e. The van der Waals surface area contributed by atoms with Crippen molar-refractivity contribution < 1.29 is 4.74 Å². The van der Waals surface area contributed by atoms with Crippen LogP contribution in [0.25, 0.3) is 22.5 Å². The highest BCUT2D eigenvalue weighted by Gasteiger charge is 2.36. The monoisotopic (exact) mass is 619 g/mol. The summed E-state index contributed by atoms with van der Waals surface area (Å²) in [5, 5.41) is 0. The van der Waals surface area contributed by atoms with E-state index in [-0.39, 0.29) is 6.71 Å². The molecule has 0 N–H and O–H groups in total. The summed E-state index contributed by atoms with van der Waals surface area (Å²) in [6, 6.07) is 50.7. The number of hydrogen-bond donors (Lipinski definition) is 0. The van der Waals surface area contributed by atoms with Gasteiger partial charge in [-0.3, -0.25) is 4.98 Å². The largest absolute Gasteiger partial charge is 0.439 e. The molecule has 2 aromatic heterocycles. The Morgan fingerprint density at radius 3 is 2.08 bits per heavy atom. The maximum absolute atomic E-state index is 6.31. The first-order valence-corrected chi connectivity index (χ1v) is 16.4. The lowest BCUT2D eigenvalue weighted by Gasteiger charge is -2.38. The number of rotatable bonds is 6. The van der Waals surface area contributed by atoms with E-state index in [0.717, 1.165) is 33.9 Å². The van der Waals surface area contributed by atoms with Crippen LogP contribution in [0.2, 0.25) is 0 Å². The molecule has 0 bridgehead atoms. The van der Waals surface area contributed by atoms with E-state index in [1.165, 1.54) is 38.8 Å². The zero-order chi connectivity index (χ0) is 32.6. The summed E-state index contributed by atoms with van der Waals surface area (Å²) in [5.41, 5.74) is 15.1. The number of aromatic nitrogens is 2. The lowest BCUT2D eigenvalue weighted by Crippen LogP contribution is -2.58. The fourth-order valence-electron chi connectivity index (χ4n) is 7.19. The molecule has 0 saturated carbocycles. The van der Waals surface area contributed by atoms with Crippen molar-refractivity contribution in [2.45, 2.75) is 20.8 Å². The van der Waals surface area contributed by atoms with Gasteiger partial charge in [0.15, 0.2) is 0 Å². The number of para-hydroxylation sites is 2. The summed E-state index contributed by atoms with van der Waals surface area (Å²) in [6.45, 7) is 6.77. The highest BCUT2D eigenvalue weighted by Crippen LogP contribution is 2.38. The summed E-state index contributed by atoms with van der Waals surface area (Å²) >= 11 is 0. The molecule has 0 aliphatic carbocycles. The Morgan fingerprint density at radius 1 is 0.562 bits per heavy atom. The molecule has 7 aromatic rings. The van der Waals surface area contributed by atoms with Gasteiger partial charge in [0.25, 0.3) is 0 Å². The minimum atomic E-state index is 0.0971. The number of nitrogens with zero attached hydrogens (tertiary/aromatic N) is 3. The zero-order valence-electron chi connectivity index (χ0n) is 27.3. The van der Waals surface area contributed by atoms with E-state index in [1.54, 1.807) is 6.20 Å². The molecule has 0 fully saturated rings. The molecule has 0 unspecified atom stereocenters. The first-order valence-electron chi connectivity index (χ1n) is 16.4. The second-order valence-electron chi connectivity index (χ2n) is 12.5. The Morgan fingerprint density at radius 2 is 1.27 bits per heavy atom. The van der Waals surface area contributed by atoms with Crippen LogP contribution in [0.5, 0.6) is 11.6 Å². The van der Waals surface area contributed by atoms with Crippen LogP contribution in [0, 0.1) is 20.8 Å². The highest BCUT2D eigenvalue weighted by molar-refractivity contribution is 6.98. The zero-order valence-corrected chi connectivity index (χ0v) is 27.3. The van der Waals surface area contributed by atoms with Crippen molar-refractivity contribution in [1.29, 1.82) is 0 Å². The van der Waals surface area contributed by atoms with Gasteiger partial charge < -0.3 is 9.64 Å². The third-order valence-corrected chi connectivity index (χ3v) is 9.15. The van der Waals surface area contributed by atoms with Gasteiger partial charge >= 0.3 is 0 Å². The van der Waals surface area contributed by atoms with Crippen molar-refractivity contribution in [2.24, 2.45) is 0 Å². The van der Waals surface area contributed by atoms with Gasteiger partial charge in [0, 0.05) is 40.5 Å². The van der Waals surface area contributed by atoms with Crippen molar-refractivity contribution in [2.75, 3.05) is 4.90 Å². The van der Waals surface area contributed by atoms with Gasteiger partial charge in [-0.1, -0.05) is 107 Å². The molecule has 4 nitrogen and oxygen atoms in total. The summed E-state index contributed by atoms with van der Waals surface area (Å²) in [6.07, 6.45) is 1.80. The predicted octanol–water partition coefficient (Wildman–Crippen LogP) is 8.83. The van der Waals surface area contributed by atoms with Crippen LogP contribution in [-0.4, -0.2) is 16.7 Å². The molecule has 3 heterocycles. The third kappa shape index (κ3) is 5.43. The molecular weight excluding hydrogens is 585 g/mol. The van der Waals surface area contributed by atoms with Gasteiger partial charge in [0.05, 0.1) is 11.4 Å². The first-order chi connectivity index (χ1) is 23.5. The van der Waals surface area contributed by atoms with Crippen LogP contribution in [-0.2, 0) is 0 Å². The van der Waals surface area contributed by atoms with Crippen LogP contribution in [0.4, 0.5) is 17.1 Å². The minimum absolute atomic E-state index is 0.0971. The van der Waals surface area contributed by atoms with Gasteiger partial charge in [-0.05, 0) is 86.3 Å². The van der Waals surface area contributed by atoms with Crippen LogP contribution in [0.3, 0.4) is 0 Å². The quantitative estimate of drug-likeness (QED) is 0.174. The Labute approximate surface area is 282 Å². The van der Waals surface area contributed by atoms with Crippen molar-refractivity contribution in [3.8, 4) is 34.1 Å². The van der Waals surface area contributed by atoms with E-state index in [0.29, 0.717) is 11.6 Å². The first kappa shape index (κ1) is 29.5. The molecule has 1 aliphatic heterocycles. The summed E-state index contributed by atoms with van der Waals surface area (Å²) in [7, 11) is 0. The van der Waals surface area contributed by atoms with E-state index < -0.39 is 0 Å². The Kier molecular flexibility index (Phi) is 7.58. The summed E-state index contributed by atoms with van der Waals surface area (Å²) in [4.78, 5) is 11.9. The summed E-state index contributed by atoms with van der Waals surface area (Å²) in [5.74, 6) is 1.25. The fraction of sp³-hybridized carbons (Fsp3) is 0.0698. The second kappa shape index (κ2) is 12.3. The van der Waals surface area contributed by atoms with E-state index >= 15 is 0 Å². The van der Waals surface area contributed by atoms with Gasteiger partial charge in [-0.2, -0.15) is 0 Å². The van der Waals surface area contributed by atoms with E-state index in [9.17, 15) is 0 Å². The Bertz CT molecular complexity index is 2250. The van der Waals surface area contributed by atoms with Crippen molar-refractivity contribution in [1.82, 2.24) is 9.97 Å². The van der Waals surface area contributed by atoms with Gasteiger partial charge in [-0.25, -0.2) is 4.98 Å². The number of fused-ring (bicyclic) bond motifs is 2. The van der Waals surface area contributed by atoms with Gasteiger partial charge in [0.1, 0.15) is 5.75 Å². The average Bonchev–Trinajstić information content (AvgIpc) is 3.12. The normalized spacial score (nSPS) is 12.0. The van der Waals surface area contributed by atoms with Crippen LogP contribution >= 0.6 is 0 Å². The molecule has 5 aromatic carbocycles. The van der Waals surface area contributed by atoms with E-state index in [1.807, 2.05) is 60.7 Å². The maximum Gasteiger partial charge on any atom is 0.247 e. The van der Waals surface area contributed by atoms with Crippen molar-refractivity contribution in [3.63, 3.8) is 0 Å². The smallest absolute Gasteiger partial charge is 0.247 e. The third-order valence-electron chi connectivity index (χ3n) is 9.15. The molecule has 0 atom stereocenters. The second-order valence-corrected chi connectivity index (χ2v) is 12.5. The topological polar surface area (TPSA) is 38.2 Å². The molecular formula is C43H34BN3O. The molecule has 48 heavy (non-hydrogen) atoms. The fourth-order valence-corrected chi connectivity index (χ4v) is 7.19. The van der Waals surface area contributed by atoms with E-state index in [2.05, 4.69) is 116 Å². The molecule has 5 heteroatoms.